The van der Waals surface area contributed by atoms with Gasteiger partial charge < -0.3 is 10.0 Å². The van der Waals surface area contributed by atoms with Gasteiger partial charge in [-0.1, -0.05) is 20.8 Å². The number of carbonyl (C=O) groups is 3. The van der Waals surface area contributed by atoms with E-state index >= 15 is 0 Å². The van der Waals surface area contributed by atoms with Crippen molar-refractivity contribution in [1.82, 2.24) is 10.2 Å². The van der Waals surface area contributed by atoms with Crippen LogP contribution in [0.5, 0.6) is 0 Å². The van der Waals surface area contributed by atoms with Crippen molar-refractivity contribution < 1.29 is 19.5 Å². The van der Waals surface area contributed by atoms with Crippen molar-refractivity contribution >= 4 is 17.9 Å². The first-order valence-corrected chi connectivity index (χ1v) is 6.50. The lowest BCUT2D eigenvalue weighted by Crippen LogP contribution is -2.42. The smallest absolute Gasteiger partial charge is 0.324 e. The molecule has 0 aromatic heterocycles. The summed E-state index contributed by atoms with van der Waals surface area (Å²) in [6, 6.07) is -0.377. The Morgan fingerprint density at radius 3 is 2.42 bits per heavy atom. The number of nitrogens with one attached hydrogen (secondary N) is 1. The highest BCUT2D eigenvalue weighted by molar-refractivity contribution is 5.94. The van der Waals surface area contributed by atoms with Crippen LogP contribution in [0.1, 0.15) is 40.0 Å². The molecule has 1 unspecified atom stereocenters. The summed E-state index contributed by atoms with van der Waals surface area (Å²) in [5.74, 6) is -1.63. The maximum Gasteiger partial charge on any atom is 0.324 e. The van der Waals surface area contributed by atoms with E-state index in [1.807, 2.05) is 0 Å². The van der Waals surface area contributed by atoms with Gasteiger partial charge in [-0.3, -0.25) is 14.9 Å². The van der Waals surface area contributed by atoms with Gasteiger partial charge in [-0.25, -0.2) is 4.79 Å². The van der Waals surface area contributed by atoms with E-state index in [0.29, 0.717) is 13.1 Å². The van der Waals surface area contributed by atoms with Gasteiger partial charge in [-0.05, 0) is 17.8 Å². The van der Waals surface area contributed by atoms with E-state index in [1.165, 1.54) is 0 Å². The van der Waals surface area contributed by atoms with Crippen molar-refractivity contribution in [3.05, 3.63) is 0 Å². The quantitative estimate of drug-likeness (QED) is 0.809. The molecule has 2 N–H and O–H groups in total. The van der Waals surface area contributed by atoms with Crippen molar-refractivity contribution in [2.45, 2.75) is 40.0 Å². The Morgan fingerprint density at radius 1 is 1.32 bits per heavy atom. The summed E-state index contributed by atoms with van der Waals surface area (Å²) in [4.78, 5) is 35.5. The molecule has 108 valence electrons. The lowest BCUT2D eigenvalue weighted by molar-refractivity contribution is -0.138. The molecule has 1 rings (SSSR count). The van der Waals surface area contributed by atoms with Crippen LogP contribution in [0.3, 0.4) is 0 Å². The number of carboxylic acids is 1. The third-order valence-corrected chi connectivity index (χ3v) is 3.27. The molecule has 0 spiro atoms. The minimum atomic E-state index is -0.937. The summed E-state index contributed by atoms with van der Waals surface area (Å²) < 4.78 is 0. The van der Waals surface area contributed by atoms with E-state index in [9.17, 15) is 14.4 Å². The predicted molar refractivity (Wildman–Crippen MR) is 69.5 cm³/mol. The number of likely N-dealkylation sites (tertiary alicyclic amines) is 1. The average Bonchev–Trinajstić information content (AvgIpc) is 2.56. The standard InChI is InChI=1S/C13H22N2O4/c1-9(7-11(17)18)6-10(16)14-12(19)15-5-4-13(2,3)8-15/h9H,4-8H2,1-3H3,(H,17,18)(H,14,16,19). The Morgan fingerprint density at radius 2 is 1.95 bits per heavy atom. The fourth-order valence-corrected chi connectivity index (χ4v) is 2.22. The van der Waals surface area contributed by atoms with Crippen LogP contribution < -0.4 is 5.32 Å². The third-order valence-electron chi connectivity index (χ3n) is 3.27. The Hall–Kier alpha value is -1.59. The number of urea groups is 1. The normalized spacial score (nSPS) is 19.0. The summed E-state index contributed by atoms with van der Waals surface area (Å²) in [6.45, 7) is 7.12. The van der Waals surface area contributed by atoms with Gasteiger partial charge in [0.25, 0.3) is 0 Å². The first-order valence-electron chi connectivity index (χ1n) is 6.50. The zero-order chi connectivity index (χ0) is 14.6. The Kier molecular flexibility index (Phi) is 4.91. The predicted octanol–water partition coefficient (Wildman–Crippen LogP) is 1.46. The zero-order valence-corrected chi connectivity index (χ0v) is 11.7. The van der Waals surface area contributed by atoms with Gasteiger partial charge in [0.1, 0.15) is 0 Å². The number of amides is 3. The largest absolute Gasteiger partial charge is 0.481 e. The van der Waals surface area contributed by atoms with E-state index in [1.54, 1.807) is 11.8 Å². The van der Waals surface area contributed by atoms with Crippen LogP contribution in [0, 0.1) is 11.3 Å². The van der Waals surface area contributed by atoms with Crippen LogP contribution in [0.25, 0.3) is 0 Å². The van der Waals surface area contributed by atoms with Gasteiger partial charge in [0.2, 0.25) is 5.91 Å². The lowest BCUT2D eigenvalue weighted by atomic mass is 9.93. The summed E-state index contributed by atoms with van der Waals surface area (Å²) >= 11 is 0. The number of carbonyl (C=O) groups excluding carboxylic acids is 2. The molecule has 6 nitrogen and oxygen atoms in total. The van der Waals surface area contributed by atoms with Crippen LogP contribution in [0.15, 0.2) is 0 Å². The molecule has 1 heterocycles. The molecular formula is C13H22N2O4. The summed E-state index contributed by atoms with van der Waals surface area (Å²) in [5, 5.41) is 10.9. The van der Waals surface area contributed by atoms with Gasteiger partial charge in [0, 0.05) is 25.9 Å². The van der Waals surface area contributed by atoms with Crippen LogP contribution in [0.2, 0.25) is 0 Å². The fourth-order valence-electron chi connectivity index (χ4n) is 2.22. The minimum Gasteiger partial charge on any atom is -0.481 e. The summed E-state index contributed by atoms with van der Waals surface area (Å²) in [5.41, 5.74) is 0.0942. The molecule has 6 heteroatoms. The number of carboxylic acid groups (broad SMARTS) is 1. The highest BCUT2D eigenvalue weighted by atomic mass is 16.4. The van der Waals surface area contributed by atoms with Crippen LogP contribution in [0.4, 0.5) is 4.79 Å². The van der Waals surface area contributed by atoms with Crippen molar-refractivity contribution in [2.24, 2.45) is 11.3 Å². The molecular weight excluding hydrogens is 248 g/mol. The highest BCUT2D eigenvalue weighted by Gasteiger charge is 2.32. The molecule has 1 saturated heterocycles. The van der Waals surface area contributed by atoms with Crippen molar-refractivity contribution in [2.75, 3.05) is 13.1 Å². The molecule has 0 saturated carbocycles. The molecule has 0 aliphatic carbocycles. The second-order valence-electron chi connectivity index (χ2n) is 6.10. The van der Waals surface area contributed by atoms with Crippen LogP contribution >= 0.6 is 0 Å². The Labute approximate surface area is 113 Å². The third kappa shape index (κ3) is 5.28. The number of aliphatic carboxylic acids is 1. The molecule has 0 aromatic rings. The molecule has 0 bridgehead atoms. The van der Waals surface area contributed by atoms with Gasteiger partial charge in [-0.2, -0.15) is 0 Å². The fraction of sp³-hybridized carbons (Fsp3) is 0.769. The second kappa shape index (κ2) is 6.04. The Bertz CT molecular complexity index is 379. The van der Waals surface area contributed by atoms with Gasteiger partial charge in [0.05, 0.1) is 0 Å². The zero-order valence-electron chi connectivity index (χ0n) is 11.7. The number of nitrogens with zero attached hydrogens (tertiary/aromatic N) is 1. The molecule has 0 radical (unpaired) electrons. The van der Waals surface area contributed by atoms with Gasteiger partial charge in [-0.15, -0.1) is 0 Å². The van der Waals surface area contributed by atoms with Gasteiger partial charge in [0.15, 0.2) is 0 Å². The van der Waals surface area contributed by atoms with Crippen molar-refractivity contribution in [3.8, 4) is 0 Å². The second-order valence-corrected chi connectivity index (χ2v) is 6.10. The van der Waals surface area contributed by atoms with Crippen molar-refractivity contribution in [1.29, 1.82) is 0 Å². The number of hydrogen-bond donors (Lipinski definition) is 2. The molecule has 1 atom stereocenters. The highest BCUT2D eigenvalue weighted by Crippen LogP contribution is 2.28. The van der Waals surface area contributed by atoms with E-state index in [4.69, 9.17) is 5.11 Å². The lowest BCUT2D eigenvalue weighted by Gasteiger charge is -2.20. The molecule has 1 fully saturated rings. The molecule has 19 heavy (non-hydrogen) atoms. The molecule has 0 aromatic carbocycles. The van der Waals surface area contributed by atoms with E-state index < -0.39 is 11.9 Å². The number of hydrogen-bond acceptors (Lipinski definition) is 3. The SMILES string of the molecule is CC(CC(=O)O)CC(=O)NC(=O)N1CCC(C)(C)C1. The van der Waals surface area contributed by atoms with E-state index in [2.05, 4.69) is 19.2 Å². The van der Waals surface area contributed by atoms with Crippen molar-refractivity contribution in [3.63, 3.8) is 0 Å². The maximum atomic E-state index is 11.8. The minimum absolute atomic E-state index is 0.0509. The maximum absolute atomic E-state index is 11.8. The number of rotatable bonds is 4. The van der Waals surface area contributed by atoms with Gasteiger partial charge >= 0.3 is 12.0 Å². The van der Waals surface area contributed by atoms with Crippen LogP contribution in [-0.2, 0) is 9.59 Å². The van der Waals surface area contributed by atoms with E-state index in [0.717, 1.165) is 6.42 Å². The summed E-state index contributed by atoms with van der Waals surface area (Å²) in [7, 11) is 0. The first kappa shape index (κ1) is 15.5. The molecule has 3 amide bonds. The number of imide groups is 1. The monoisotopic (exact) mass is 270 g/mol. The average molecular weight is 270 g/mol. The first-order chi connectivity index (χ1) is 8.69. The topological polar surface area (TPSA) is 86.7 Å². The molecule has 1 aliphatic rings. The van der Waals surface area contributed by atoms with E-state index in [-0.39, 0.29) is 30.2 Å². The Balaban J connectivity index is 2.36. The summed E-state index contributed by atoms with van der Waals surface area (Å²) in [6.07, 6.45) is 0.900. The van der Waals surface area contributed by atoms with Crippen LogP contribution in [-0.4, -0.2) is 41.0 Å². The molecule has 1 aliphatic heterocycles.